The van der Waals surface area contributed by atoms with Crippen molar-refractivity contribution in [3.8, 4) is 0 Å². The summed E-state index contributed by atoms with van der Waals surface area (Å²) in [5.41, 5.74) is 7.29. The summed E-state index contributed by atoms with van der Waals surface area (Å²) < 4.78 is 0. The minimum atomic E-state index is -0.582. The fourth-order valence-electron chi connectivity index (χ4n) is 2.92. The van der Waals surface area contributed by atoms with Gasteiger partial charge >= 0.3 is 0 Å². The minimum Gasteiger partial charge on any atom is -0.371 e. The van der Waals surface area contributed by atoms with E-state index in [9.17, 15) is 4.79 Å². The van der Waals surface area contributed by atoms with Crippen LogP contribution in [0.5, 0.6) is 0 Å². The van der Waals surface area contributed by atoms with Crippen LogP contribution in [0, 0.1) is 18.8 Å². The maximum absolute atomic E-state index is 12.0. The molecule has 0 spiro atoms. The lowest BCUT2D eigenvalue weighted by Gasteiger charge is -2.41. The van der Waals surface area contributed by atoms with E-state index in [0.29, 0.717) is 11.8 Å². The van der Waals surface area contributed by atoms with Crippen LogP contribution in [0.2, 0.25) is 0 Å². The molecular formula is C16H24N2O. The maximum Gasteiger partial charge on any atom is 0.243 e. The predicted octanol–water partition coefficient (Wildman–Crippen LogP) is 3.09. The van der Waals surface area contributed by atoms with Gasteiger partial charge in [0.15, 0.2) is 0 Å². The molecule has 3 heteroatoms. The maximum atomic E-state index is 12.0. The smallest absolute Gasteiger partial charge is 0.243 e. The highest BCUT2D eigenvalue weighted by atomic mass is 16.1. The fourth-order valence-corrected chi connectivity index (χ4v) is 2.92. The molecule has 3 unspecified atom stereocenters. The van der Waals surface area contributed by atoms with Crippen LogP contribution in [0.25, 0.3) is 0 Å². The average Bonchev–Trinajstić information content (AvgIpc) is 2.37. The summed E-state index contributed by atoms with van der Waals surface area (Å²) in [6.45, 7) is 6.51. The number of nitrogens with one attached hydrogen (secondary N) is 1. The molecule has 3 nitrogen and oxygen atoms in total. The molecule has 1 fully saturated rings. The molecule has 1 aliphatic rings. The molecular weight excluding hydrogens is 236 g/mol. The summed E-state index contributed by atoms with van der Waals surface area (Å²) in [5.74, 6) is 0.943. The van der Waals surface area contributed by atoms with Crippen molar-refractivity contribution in [2.24, 2.45) is 17.6 Å². The molecule has 0 radical (unpaired) electrons. The van der Waals surface area contributed by atoms with Crippen LogP contribution >= 0.6 is 0 Å². The summed E-state index contributed by atoms with van der Waals surface area (Å²) in [7, 11) is 0. The first-order chi connectivity index (χ1) is 8.93. The number of hydrogen-bond acceptors (Lipinski definition) is 2. The SMILES string of the molecule is Cc1ccc(NC2(C(N)=O)CCC(C)C(C)C2)cc1. The van der Waals surface area contributed by atoms with Crippen molar-refractivity contribution in [3.63, 3.8) is 0 Å². The van der Waals surface area contributed by atoms with Crippen molar-refractivity contribution in [1.29, 1.82) is 0 Å². The fraction of sp³-hybridized carbons (Fsp3) is 0.562. The Balaban J connectivity index is 2.21. The van der Waals surface area contributed by atoms with Gasteiger partial charge in [0, 0.05) is 5.69 Å². The Kier molecular flexibility index (Phi) is 3.83. The molecule has 3 atom stereocenters. The molecule has 104 valence electrons. The number of anilines is 1. The zero-order valence-corrected chi connectivity index (χ0v) is 12.1. The van der Waals surface area contributed by atoms with Gasteiger partial charge in [-0.3, -0.25) is 4.79 Å². The molecule has 19 heavy (non-hydrogen) atoms. The Hall–Kier alpha value is -1.51. The molecule has 0 bridgehead atoms. The third-order valence-electron chi connectivity index (χ3n) is 4.58. The van der Waals surface area contributed by atoms with Crippen LogP contribution in [0.3, 0.4) is 0 Å². The van der Waals surface area contributed by atoms with E-state index in [1.54, 1.807) is 0 Å². The second-order valence-corrected chi connectivity index (χ2v) is 6.13. The highest BCUT2D eigenvalue weighted by Crippen LogP contribution is 2.38. The first kappa shape index (κ1) is 13.9. The summed E-state index contributed by atoms with van der Waals surface area (Å²) in [6, 6.07) is 8.13. The van der Waals surface area contributed by atoms with Crippen molar-refractivity contribution >= 4 is 11.6 Å². The number of aryl methyl sites for hydroxylation is 1. The van der Waals surface area contributed by atoms with Gasteiger partial charge in [-0.15, -0.1) is 0 Å². The van der Waals surface area contributed by atoms with Gasteiger partial charge < -0.3 is 11.1 Å². The largest absolute Gasteiger partial charge is 0.371 e. The molecule has 1 aromatic rings. The molecule has 1 amide bonds. The second-order valence-electron chi connectivity index (χ2n) is 6.13. The zero-order chi connectivity index (χ0) is 14.0. The molecule has 2 rings (SSSR count). The number of hydrogen-bond donors (Lipinski definition) is 2. The molecule has 0 aliphatic heterocycles. The number of carbonyl (C=O) groups excluding carboxylic acids is 1. The summed E-state index contributed by atoms with van der Waals surface area (Å²) in [5, 5.41) is 3.40. The molecule has 0 aromatic heterocycles. The van der Waals surface area contributed by atoms with Crippen molar-refractivity contribution < 1.29 is 4.79 Å². The second kappa shape index (κ2) is 5.24. The summed E-state index contributed by atoms with van der Waals surface area (Å²) in [4.78, 5) is 12.0. The van der Waals surface area contributed by atoms with Gasteiger partial charge in [-0.05, 0) is 50.2 Å². The third-order valence-corrected chi connectivity index (χ3v) is 4.58. The Morgan fingerprint density at radius 2 is 1.89 bits per heavy atom. The number of primary amides is 1. The van der Waals surface area contributed by atoms with Gasteiger partial charge in [0.25, 0.3) is 0 Å². The number of nitrogens with two attached hydrogens (primary N) is 1. The Labute approximate surface area is 115 Å². The van der Waals surface area contributed by atoms with Crippen molar-refractivity contribution in [3.05, 3.63) is 29.8 Å². The van der Waals surface area contributed by atoms with E-state index in [1.165, 1.54) is 5.56 Å². The van der Waals surface area contributed by atoms with E-state index < -0.39 is 5.54 Å². The Bertz CT molecular complexity index is 454. The van der Waals surface area contributed by atoms with E-state index in [-0.39, 0.29) is 5.91 Å². The summed E-state index contributed by atoms with van der Waals surface area (Å²) in [6.07, 6.45) is 2.68. The minimum absolute atomic E-state index is 0.230. The molecule has 0 saturated heterocycles. The Morgan fingerprint density at radius 1 is 1.26 bits per heavy atom. The van der Waals surface area contributed by atoms with Gasteiger partial charge in [-0.2, -0.15) is 0 Å². The highest BCUT2D eigenvalue weighted by molar-refractivity contribution is 5.88. The highest BCUT2D eigenvalue weighted by Gasteiger charge is 2.42. The van der Waals surface area contributed by atoms with E-state index in [4.69, 9.17) is 5.73 Å². The van der Waals surface area contributed by atoms with Gasteiger partial charge in [0.2, 0.25) is 5.91 Å². The quantitative estimate of drug-likeness (QED) is 0.877. The number of benzene rings is 1. The number of carbonyl (C=O) groups is 1. The molecule has 1 saturated carbocycles. The van der Waals surface area contributed by atoms with Crippen LogP contribution in [-0.4, -0.2) is 11.4 Å². The van der Waals surface area contributed by atoms with E-state index >= 15 is 0 Å². The van der Waals surface area contributed by atoms with Gasteiger partial charge in [-0.25, -0.2) is 0 Å². The Morgan fingerprint density at radius 3 is 2.42 bits per heavy atom. The summed E-state index contributed by atoms with van der Waals surface area (Å²) >= 11 is 0. The lowest BCUT2D eigenvalue weighted by molar-refractivity contribution is -0.124. The lowest BCUT2D eigenvalue weighted by Crippen LogP contribution is -2.54. The predicted molar refractivity (Wildman–Crippen MR) is 78.9 cm³/mol. The number of amides is 1. The van der Waals surface area contributed by atoms with E-state index in [0.717, 1.165) is 24.9 Å². The molecule has 1 aliphatic carbocycles. The molecule has 1 aromatic carbocycles. The molecule has 3 N–H and O–H groups in total. The standard InChI is InChI=1S/C16H24N2O/c1-11-4-6-14(7-5-11)18-16(15(17)19)9-8-12(2)13(3)10-16/h4-7,12-13,18H,8-10H2,1-3H3,(H2,17,19). The van der Waals surface area contributed by atoms with Crippen molar-refractivity contribution in [1.82, 2.24) is 0 Å². The third kappa shape index (κ3) is 2.91. The number of rotatable bonds is 3. The first-order valence-corrected chi connectivity index (χ1v) is 7.08. The van der Waals surface area contributed by atoms with Crippen LogP contribution < -0.4 is 11.1 Å². The van der Waals surface area contributed by atoms with Gasteiger partial charge in [-0.1, -0.05) is 31.5 Å². The van der Waals surface area contributed by atoms with Crippen LogP contribution in [0.1, 0.15) is 38.7 Å². The zero-order valence-electron chi connectivity index (χ0n) is 12.1. The average molecular weight is 260 g/mol. The van der Waals surface area contributed by atoms with Gasteiger partial charge in [0.1, 0.15) is 5.54 Å². The normalized spacial score (nSPS) is 30.9. The first-order valence-electron chi connectivity index (χ1n) is 7.08. The monoisotopic (exact) mass is 260 g/mol. The van der Waals surface area contributed by atoms with Crippen molar-refractivity contribution in [2.45, 2.75) is 45.6 Å². The van der Waals surface area contributed by atoms with Gasteiger partial charge in [0.05, 0.1) is 0 Å². The van der Waals surface area contributed by atoms with E-state index in [1.807, 2.05) is 24.3 Å². The lowest BCUT2D eigenvalue weighted by atomic mass is 9.70. The van der Waals surface area contributed by atoms with Crippen LogP contribution in [0.4, 0.5) is 5.69 Å². The van der Waals surface area contributed by atoms with Crippen molar-refractivity contribution in [2.75, 3.05) is 5.32 Å². The molecule has 0 heterocycles. The van der Waals surface area contributed by atoms with E-state index in [2.05, 4.69) is 26.1 Å². The topological polar surface area (TPSA) is 55.1 Å². The van der Waals surface area contributed by atoms with Crippen LogP contribution in [0.15, 0.2) is 24.3 Å². The van der Waals surface area contributed by atoms with Crippen LogP contribution in [-0.2, 0) is 4.79 Å².